The van der Waals surface area contributed by atoms with Crippen LogP contribution in [0.15, 0.2) is 28.6 Å². The Hall–Kier alpha value is -1.64. The standard InChI is InChI=1S/C19H26N4O2S2/c1-19(2,3)13-6-8-14(9-7-13)21-16(24)12-26-18-23-22-17(27-18)20-11-15-5-4-10-25-15/h6-9,15H,4-5,10-12H2,1-3H3,(H,20,22)(H,21,24). The van der Waals surface area contributed by atoms with Crippen LogP contribution in [0.25, 0.3) is 0 Å². The van der Waals surface area contributed by atoms with E-state index in [0.29, 0.717) is 5.75 Å². The highest BCUT2D eigenvalue weighted by Crippen LogP contribution is 2.27. The van der Waals surface area contributed by atoms with Gasteiger partial charge in [-0.1, -0.05) is 56.0 Å². The monoisotopic (exact) mass is 406 g/mol. The van der Waals surface area contributed by atoms with Crippen LogP contribution in [0.2, 0.25) is 0 Å². The van der Waals surface area contributed by atoms with E-state index in [2.05, 4.69) is 53.7 Å². The maximum atomic E-state index is 12.2. The van der Waals surface area contributed by atoms with Crippen LogP contribution in [0.1, 0.15) is 39.2 Å². The molecule has 0 radical (unpaired) electrons. The molecule has 3 rings (SSSR count). The molecule has 8 heteroatoms. The van der Waals surface area contributed by atoms with E-state index in [4.69, 9.17) is 4.74 Å². The summed E-state index contributed by atoms with van der Waals surface area (Å²) < 4.78 is 6.36. The van der Waals surface area contributed by atoms with Crippen molar-refractivity contribution < 1.29 is 9.53 Å². The predicted molar refractivity (Wildman–Crippen MR) is 112 cm³/mol. The average Bonchev–Trinajstić information content (AvgIpc) is 3.29. The van der Waals surface area contributed by atoms with Crippen LogP contribution in [-0.4, -0.2) is 41.1 Å². The zero-order valence-electron chi connectivity index (χ0n) is 15.9. The molecular formula is C19H26N4O2S2. The molecule has 0 spiro atoms. The zero-order chi connectivity index (χ0) is 19.3. The summed E-state index contributed by atoms with van der Waals surface area (Å²) in [5, 5.41) is 15.2. The normalized spacial score (nSPS) is 17.1. The van der Waals surface area contributed by atoms with Gasteiger partial charge in [-0.05, 0) is 36.0 Å². The van der Waals surface area contributed by atoms with Crippen molar-refractivity contribution in [1.82, 2.24) is 10.2 Å². The molecule has 27 heavy (non-hydrogen) atoms. The van der Waals surface area contributed by atoms with Crippen molar-refractivity contribution in [3.63, 3.8) is 0 Å². The molecule has 2 aromatic rings. The second-order valence-corrected chi connectivity index (χ2v) is 9.75. The molecule has 2 heterocycles. The van der Waals surface area contributed by atoms with Gasteiger partial charge in [0.05, 0.1) is 11.9 Å². The molecule has 1 atom stereocenters. The molecule has 1 unspecified atom stereocenters. The highest BCUT2D eigenvalue weighted by atomic mass is 32.2. The van der Waals surface area contributed by atoms with Gasteiger partial charge < -0.3 is 15.4 Å². The lowest BCUT2D eigenvalue weighted by Gasteiger charge is -2.19. The van der Waals surface area contributed by atoms with Crippen LogP contribution in [0.5, 0.6) is 0 Å². The number of carbonyl (C=O) groups excluding carboxylic acids is 1. The Morgan fingerprint density at radius 3 is 2.74 bits per heavy atom. The molecule has 1 aliphatic rings. The topological polar surface area (TPSA) is 76.1 Å². The van der Waals surface area contributed by atoms with Crippen LogP contribution in [-0.2, 0) is 14.9 Å². The molecule has 1 aromatic heterocycles. The van der Waals surface area contributed by atoms with E-state index in [1.165, 1.54) is 28.7 Å². The molecule has 1 saturated heterocycles. The van der Waals surface area contributed by atoms with Gasteiger partial charge >= 0.3 is 0 Å². The van der Waals surface area contributed by atoms with Gasteiger partial charge in [-0.25, -0.2) is 0 Å². The van der Waals surface area contributed by atoms with E-state index in [1.807, 2.05) is 12.1 Å². The van der Waals surface area contributed by atoms with Crippen LogP contribution in [0.3, 0.4) is 0 Å². The van der Waals surface area contributed by atoms with Crippen LogP contribution in [0, 0.1) is 0 Å². The minimum absolute atomic E-state index is 0.0485. The molecule has 1 aliphatic heterocycles. The zero-order valence-corrected chi connectivity index (χ0v) is 17.6. The minimum atomic E-state index is -0.0485. The third-order valence-corrected chi connectivity index (χ3v) is 6.29. The number of nitrogens with one attached hydrogen (secondary N) is 2. The van der Waals surface area contributed by atoms with Gasteiger partial charge in [-0.3, -0.25) is 4.79 Å². The molecule has 1 amide bonds. The summed E-state index contributed by atoms with van der Waals surface area (Å²) in [6, 6.07) is 8.00. The number of amides is 1. The first-order valence-electron chi connectivity index (χ1n) is 9.12. The highest BCUT2D eigenvalue weighted by molar-refractivity contribution is 8.01. The van der Waals surface area contributed by atoms with Crippen molar-refractivity contribution in [2.45, 2.75) is 49.5 Å². The smallest absolute Gasteiger partial charge is 0.234 e. The van der Waals surface area contributed by atoms with Crippen LogP contribution in [0.4, 0.5) is 10.8 Å². The number of rotatable bonds is 7. The van der Waals surface area contributed by atoms with Crippen LogP contribution >= 0.6 is 23.1 Å². The lowest BCUT2D eigenvalue weighted by molar-refractivity contribution is -0.113. The Bertz CT molecular complexity index is 750. The number of anilines is 2. The van der Waals surface area contributed by atoms with Gasteiger partial charge in [-0.15, -0.1) is 10.2 Å². The first-order chi connectivity index (χ1) is 12.9. The maximum absolute atomic E-state index is 12.2. The SMILES string of the molecule is CC(C)(C)c1ccc(NC(=O)CSc2nnc(NCC3CCCO3)s2)cc1. The van der Waals surface area contributed by atoms with Gasteiger partial charge in [0.2, 0.25) is 11.0 Å². The number of ether oxygens (including phenoxy) is 1. The lowest BCUT2D eigenvalue weighted by atomic mass is 9.87. The molecule has 146 valence electrons. The number of benzene rings is 1. The summed E-state index contributed by atoms with van der Waals surface area (Å²) in [5.41, 5.74) is 2.16. The van der Waals surface area contributed by atoms with Gasteiger partial charge in [0.1, 0.15) is 0 Å². The average molecular weight is 407 g/mol. The van der Waals surface area contributed by atoms with Gasteiger partial charge in [-0.2, -0.15) is 0 Å². The van der Waals surface area contributed by atoms with E-state index < -0.39 is 0 Å². The first-order valence-corrected chi connectivity index (χ1v) is 10.9. The van der Waals surface area contributed by atoms with Crippen molar-refractivity contribution in [3.05, 3.63) is 29.8 Å². The fourth-order valence-electron chi connectivity index (χ4n) is 2.72. The number of carbonyl (C=O) groups is 1. The Morgan fingerprint density at radius 2 is 2.07 bits per heavy atom. The molecule has 2 N–H and O–H groups in total. The lowest BCUT2D eigenvalue weighted by Crippen LogP contribution is -2.18. The summed E-state index contributed by atoms with van der Waals surface area (Å²) in [4.78, 5) is 12.2. The second kappa shape index (κ2) is 9.03. The largest absolute Gasteiger partial charge is 0.376 e. The fourth-order valence-corrected chi connectivity index (χ4v) is 4.28. The van der Waals surface area contributed by atoms with E-state index in [-0.39, 0.29) is 17.4 Å². The molecule has 1 aromatic carbocycles. The summed E-state index contributed by atoms with van der Waals surface area (Å²) in [5.74, 6) is 0.258. The van der Waals surface area contributed by atoms with Crippen molar-refractivity contribution in [2.75, 3.05) is 29.5 Å². The van der Waals surface area contributed by atoms with Crippen molar-refractivity contribution in [2.24, 2.45) is 0 Å². The minimum Gasteiger partial charge on any atom is -0.376 e. The number of thioether (sulfide) groups is 1. The Kier molecular flexibility index (Phi) is 6.73. The Labute approximate surface area is 168 Å². The second-order valence-electron chi connectivity index (χ2n) is 7.55. The number of hydrogen-bond acceptors (Lipinski definition) is 7. The number of nitrogens with zero attached hydrogens (tertiary/aromatic N) is 2. The molecule has 0 bridgehead atoms. The first kappa shape index (κ1) is 20.1. The molecule has 0 saturated carbocycles. The summed E-state index contributed by atoms with van der Waals surface area (Å²) >= 11 is 2.86. The third kappa shape index (κ3) is 6.19. The van der Waals surface area contributed by atoms with E-state index in [0.717, 1.165) is 41.2 Å². The number of aromatic nitrogens is 2. The van der Waals surface area contributed by atoms with Gasteiger partial charge in [0.15, 0.2) is 4.34 Å². The molecular weight excluding hydrogens is 380 g/mol. The van der Waals surface area contributed by atoms with E-state index in [1.54, 1.807) is 0 Å². The van der Waals surface area contributed by atoms with E-state index in [9.17, 15) is 4.79 Å². The molecule has 6 nitrogen and oxygen atoms in total. The highest BCUT2D eigenvalue weighted by Gasteiger charge is 2.16. The van der Waals surface area contributed by atoms with Crippen molar-refractivity contribution in [1.29, 1.82) is 0 Å². The summed E-state index contributed by atoms with van der Waals surface area (Å²) in [6.07, 6.45) is 2.47. The van der Waals surface area contributed by atoms with E-state index >= 15 is 0 Å². The predicted octanol–water partition coefficient (Wildman–Crippen LogP) is 4.16. The Balaban J connectivity index is 1.42. The summed E-state index contributed by atoms with van der Waals surface area (Å²) in [7, 11) is 0. The summed E-state index contributed by atoms with van der Waals surface area (Å²) in [6.45, 7) is 8.11. The Morgan fingerprint density at radius 1 is 1.30 bits per heavy atom. The fraction of sp³-hybridized carbons (Fsp3) is 0.526. The maximum Gasteiger partial charge on any atom is 0.234 e. The third-order valence-electron chi connectivity index (χ3n) is 4.27. The van der Waals surface area contributed by atoms with Gasteiger partial charge in [0, 0.05) is 18.8 Å². The van der Waals surface area contributed by atoms with Crippen molar-refractivity contribution in [3.8, 4) is 0 Å². The molecule has 0 aliphatic carbocycles. The van der Waals surface area contributed by atoms with Gasteiger partial charge in [0.25, 0.3) is 0 Å². The molecule has 1 fully saturated rings. The quantitative estimate of drug-likeness (QED) is 0.673. The number of hydrogen-bond donors (Lipinski definition) is 2. The van der Waals surface area contributed by atoms with Crippen LogP contribution < -0.4 is 10.6 Å². The van der Waals surface area contributed by atoms with Crippen molar-refractivity contribution >= 4 is 39.8 Å².